The largest absolute Gasteiger partial charge is 0.357 e. The first-order chi connectivity index (χ1) is 9.22. The molecule has 2 heterocycles. The molecule has 0 atom stereocenters. The monoisotopic (exact) mass is 274 g/mol. The number of hydrogen-bond acceptors (Lipinski definition) is 3. The van der Waals surface area contributed by atoms with Crippen molar-refractivity contribution in [1.82, 2.24) is 9.47 Å². The van der Waals surface area contributed by atoms with Crippen LogP contribution in [-0.4, -0.2) is 27.8 Å². The van der Waals surface area contributed by atoms with Gasteiger partial charge in [0.25, 0.3) is 0 Å². The van der Waals surface area contributed by atoms with Gasteiger partial charge in [-0.2, -0.15) is 0 Å². The van der Waals surface area contributed by atoms with E-state index in [0.717, 1.165) is 12.1 Å². The van der Waals surface area contributed by atoms with Gasteiger partial charge in [-0.3, -0.25) is 9.69 Å². The fourth-order valence-corrected chi connectivity index (χ4v) is 3.03. The van der Waals surface area contributed by atoms with Crippen molar-refractivity contribution in [2.24, 2.45) is 7.05 Å². The highest BCUT2D eigenvalue weighted by molar-refractivity contribution is 7.09. The van der Waals surface area contributed by atoms with Crippen molar-refractivity contribution in [3.63, 3.8) is 0 Å². The Morgan fingerprint density at radius 1 is 1.47 bits per heavy atom. The number of aryl methyl sites for hydroxylation is 1. The highest BCUT2D eigenvalue weighted by Gasteiger charge is 2.30. The first kappa shape index (κ1) is 12.6. The van der Waals surface area contributed by atoms with Crippen LogP contribution >= 0.6 is 11.3 Å². The molecule has 0 unspecified atom stereocenters. The minimum Gasteiger partial charge on any atom is -0.357 e. The number of carbonyl (C=O) groups is 1. The standard InChI is InChI=1S/C15H18N2OS/c1-16-7-6-12(9-16)15(18)11-17(13-4-5-13)10-14-3-2-8-19-14/h2-3,6-9,13H,4-5,10-11H2,1H3. The van der Waals surface area contributed by atoms with E-state index in [-0.39, 0.29) is 5.78 Å². The van der Waals surface area contributed by atoms with E-state index in [4.69, 9.17) is 0 Å². The van der Waals surface area contributed by atoms with E-state index in [2.05, 4.69) is 22.4 Å². The summed E-state index contributed by atoms with van der Waals surface area (Å²) in [6, 6.07) is 6.73. The van der Waals surface area contributed by atoms with Crippen LogP contribution < -0.4 is 0 Å². The van der Waals surface area contributed by atoms with Crippen molar-refractivity contribution in [3.8, 4) is 0 Å². The summed E-state index contributed by atoms with van der Waals surface area (Å²) < 4.78 is 1.92. The summed E-state index contributed by atoms with van der Waals surface area (Å²) in [6.45, 7) is 1.44. The van der Waals surface area contributed by atoms with Crippen molar-refractivity contribution in [2.75, 3.05) is 6.54 Å². The Kier molecular flexibility index (Phi) is 3.53. The molecule has 0 aliphatic heterocycles. The number of nitrogens with zero attached hydrogens (tertiary/aromatic N) is 2. The normalized spacial score (nSPS) is 15.1. The van der Waals surface area contributed by atoms with Crippen LogP contribution in [0.5, 0.6) is 0 Å². The molecular formula is C15H18N2OS. The lowest BCUT2D eigenvalue weighted by Crippen LogP contribution is -2.31. The second-order valence-electron chi connectivity index (χ2n) is 5.20. The number of thiophene rings is 1. The summed E-state index contributed by atoms with van der Waals surface area (Å²) >= 11 is 1.77. The molecule has 2 aromatic heterocycles. The number of aromatic nitrogens is 1. The molecule has 100 valence electrons. The second-order valence-corrected chi connectivity index (χ2v) is 6.24. The molecule has 1 saturated carbocycles. The van der Waals surface area contributed by atoms with Gasteiger partial charge in [0.2, 0.25) is 0 Å². The van der Waals surface area contributed by atoms with Gasteiger partial charge in [0.1, 0.15) is 0 Å². The molecule has 1 aliphatic carbocycles. The summed E-state index contributed by atoms with van der Waals surface area (Å²) in [5.41, 5.74) is 0.819. The van der Waals surface area contributed by atoms with E-state index in [1.165, 1.54) is 17.7 Å². The van der Waals surface area contributed by atoms with E-state index in [1.54, 1.807) is 11.3 Å². The molecule has 0 bridgehead atoms. The topological polar surface area (TPSA) is 25.2 Å². The maximum Gasteiger partial charge on any atom is 0.178 e. The Morgan fingerprint density at radius 2 is 2.32 bits per heavy atom. The minimum atomic E-state index is 0.226. The highest BCUT2D eigenvalue weighted by atomic mass is 32.1. The summed E-state index contributed by atoms with van der Waals surface area (Å²) in [7, 11) is 1.95. The van der Waals surface area contributed by atoms with Gasteiger partial charge in [0.15, 0.2) is 5.78 Å². The van der Waals surface area contributed by atoms with Crippen LogP contribution in [0.15, 0.2) is 36.0 Å². The van der Waals surface area contributed by atoms with Crippen LogP contribution in [0, 0.1) is 0 Å². The van der Waals surface area contributed by atoms with Crippen LogP contribution in [0.2, 0.25) is 0 Å². The van der Waals surface area contributed by atoms with Crippen LogP contribution in [0.4, 0.5) is 0 Å². The van der Waals surface area contributed by atoms with Gasteiger partial charge in [-0.15, -0.1) is 11.3 Å². The number of carbonyl (C=O) groups excluding carboxylic acids is 1. The predicted octanol–water partition coefficient (Wildman–Crippen LogP) is 2.93. The Bertz CT molecular complexity index is 554. The highest BCUT2D eigenvalue weighted by Crippen LogP contribution is 2.29. The van der Waals surface area contributed by atoms with Crippen molar-refractivity contribution >= 4 is 17.1 Å². The first-order valence-corrected chi connectivity index (χ1v) is 7.52. The molecule has 0 aromatic carbocycles. The molecule has 0 saturated heterocycles. The van der Waals surface area contributed by atoms with Gasteiger partial charge in [-0.1, -0.05) is 6.07 Å². The van der Waals surface area contributed by atoms with Crippen LogP contribution in [-0.2, 0) is 13.6 Å². The summed E-state index contributed by atoms with van der Waals surface area (Å²) in [4.78, 5) is 15.9. The Hall–Kier alpha value is -1.39. The average molecular weight is 274 g/mol. The van der Waals surface area contributed by atoms with E-state index in [1.807, 2.05) is 30.1 Å². The zero-order valence-electron chi connectivity index (χ0n) is 11.1. The first-order valence-electron chi connectivity index (χ1n) is 6.64. The Labute approximate surface area is 117 Å². The molecule has 1 aliphatic rings. The van der Waals surface area contributed by atoms with E-state index < -0.39 is 0 Å². The summed E-state index contributed by atoms with van der Waals surface area (Å²) in [5.74, 6) is 0.226. The lowest BCUT2D eigenvalue weighted by Gasteiger charge is -2.20. The zero-order valence-corrected chi connectivity index (χ0v) is 11.9. The Balaban J connectivity index is 1.66. The SMILES string of the molecule is Cn1ccc(C(=O)CN(Cc2cccs2)C2CC2)c1. The maximum absolute atomic E-state index is 12.3. The molecule has 19 heavy (non-hydrogen) atoms. The number of ketones is 1. The maximum atomic E-state index is 12.3. The minimum absolute atomic E-state index is 0.226. The molecule has 2 aromatic rings. The second kappa shape index (κ2) is 5.31. The Morgan fingerprint density at radius 3 is 2.89 bits per heavy atom. The molecule has 3 rings (SSSR count). The predicted molar refractivity (Wildman–Crippen MR) is 77.5 cm³/mol. The molecule has 0 N–H and O–H groups in total. The molecule has 0 radical (unpaired) electrons. The van der Waals surface area contributed by atoms with E-state index >= 15 is 0 Å². The number of hydrogen-bond donors (Lipinski definition) is 0. The molecule has 0 amide bonds. The van der Waals surface area contributed by atoms with Crippen molar-refractivity contribution < 1.29 is 4.79 Å². The quantitative estimate of drug-likeness (QED) is 0.757. The summed E-state index contributed by atoms with van der Waals surface area (Å²) in [6.07, 6.45) is 6.29. The van der Waals surface area contributed by atoms with Gasteiger partial charge >= 0.3 is 0 Å². The third-order valence-electron chi connectivity index (χ3n) is 3.50. The van der Waals surface area contributed by atoms with Crippen molar-refractivity contribution in [3.05, 3.63) is 46.4 Å². The lowest BCUT2D eigenvalue weighted by molar-refractivity contribution is 0.0920. The zero-order chi connectivity index (χ0) is 13.2. The fraction of sp³-hybridized carbons (Fsp3) is 0.400. The third kappa shape index (κ3) is 3.14. The van der Waals surface area contributed by atoms with Crippen molar-refractivity contribution in [2.45, 2.75) is 25.4 Å². The molecule has 0 spiro atoms. The van der Waals surface area contributed by atoms with E-state index in [0.29, 0.717) is 12.6 Å². The fourth-order valence-electron chi connectivity index (χ4n) is 2.30. The lowest BCUT2D eigenvalue weighted by atomic mass is 10.2. The number of rotatable bonds is 6. The van der Waals surface area contributed by atoms with E-state index in [9.17, 15) is 4.79 Å². The third-order valence-corrected chi connectivity index (χ3v) is 4.36. The molecule has 1 fully saturated rings. The van der Waals surface area contributed by atoms with Gasteiger partial charge in [-0.05, 0) is 30.4 Å². The average Bonchev–Trinajstić information content (AvgIpc) is 2.94. The van der Waals surface area contributed by atoms with Crippen molar-refractivity contribution in [1.29, 1.82) is 0 Å². The smallest absolute Gasteiger partial charge is 0.178 e. The molecule has 4 heteroatoms. The van der Waals surface area contributed by atoms with Crippen LogP contribution in [0.1, 0.15) is 28.1 Å². The number of Topliss-reactive ketones (excluding diaryl/α,β-unsaturated/α-hetero) is 1. The molecular weight excluding hydrogens is 256 g/mol. The van der Waals surface area contributed by atoms with Crippen LogP contribution in [0.3, 0.4) is 0 Å². The van der Waals surface area contributed by atoms with Gasteiger partial charge in [0, 0.05) is 42.5 Å². The van der Waals surface area contributed by atoms with Gasteiger partial charge in [-0.25, -0.2) is 0 Å². The van der Waals surface area contributed by atoms with Crippen LogP contribution in [0.25, 0.3) is 0 Å². The van der Waals surface area contributed by atoms with Gasteiger partial charge in [0.05, 0.1) is 6.54 Å². The van der Waals surface area contributed by atoms with Gasteiger partial charge < -0.3 is 4.57 Å². The summed E-state index contributed by atoms with van der Waals surface area (Å²) in [5, 5.41) is 2.10. The molecule has 3 nitrogen and oxygen atoms in total.